The molecule has 0 radical (unpaired) electrons. The van der Waals surface area contributed by atoms with Crippen LogP contribution in [0.3, 0.4) is 0 Å². The van der Waals surface area contributed by atoms with Crippen LogP contribution in [0.4, 0.5) is 5.69 Å². The summed E-state index contributed by atoms with van der Waals surface area (Å²) in [6.07, 6.45) is 0. The van der Waals surface area contributed by atoms with Gasteiger partial charge in [-0.3, -0.25) is 4.79 Å². The van der Waals surface area contributed by atoms with E-state index in [2.05, 4.69) is 21.2 Å². The summed E-state index contributed by atoms with van der Waals surface area (Å²) in [4.78, 5) is 12.2. The zero-order chi connectivity index (χ0) is 15.0. The molecule has 0 bridgehead atoms. The van der Waals surface area contributed by atoms with E-state index in [9.17, 15) is 4.79 Å². The maximum atomic E-state index is 12.2. The third kappa shape index (κ3) is 2.95. The highest BCUT2D eigenvalue weighted by Gasteiger charge is 2.18. The second-order valence-electron chi connectivity index (χ2n) is 4.27. The molecule has 2 aromatic carbocycles. The Hall–Kier alpha value is -1.43. The van der Waals surface area contributed by atoms with E-state index in [1.807, 2.05) is 0 Å². The predicted molar refractivity (Wildman–Crippen MR) is 84.7 cm³/mol. The first-order valence-corrected chi connectivity index (χ1v) is 7.45. The Kier molecular flexibility index (Phi) is 3.97. The summed E-state index contributed by atoms with van der Waals surface area (Å²) >= 11 is 15.3. The molecule has 0 saturated heterocycles. The minimum absolute atomic E-state index is 0.146. The lowest BCUT2D eigenvalue weighted by Gasteiger charge is -2.09. The first kappa shape index (κ1) is 14.5. The number of anilines is 1. The van der Waals surface area contributed by atoms with E-state index in [4.69, 9.17) is 32.7 Å². The second kappa shape index (κ2) is 5.75. The summed E-state index contributed by atoms with van der Waals surface area (Å²) in [5, 5.41) is 3.64. The van der Waals surface area contributed by atoms with Crippen LogP contribution in [0.15, 0.2) is 34.8 Å². The molecule has 0 saturated carbocycles. The fourth-order valence-electron chi connectivity index (χ4n) is 1.84. The van der Waals surface area contributed by atoms with Crippen LogP contribution in [0.5, 0.6) is 11.5 Å². The predicted octanol–water partition coefficient (Wildman–Crippen LogP) is 4.74. The van der Waals surface area contributed by atoms with Gasteiger partial charge in [-0.05, 0) is 34.1 Å². The molecule has 0 aromatic heterocycles. The molecule has 1 N–H and O–H groups in total. The molecule has 1 aliphatic heterocycles. The van der Waals surface area contributed by atoms with Crippen LogP contribution in [-0.4, -0.2) is 12.7 Å². The van der Waals surface area contributed by atoms with Crippen molar-refractivity contribution in [2.24, 2.45) is 0 Å². The summed E-state index contributed by atoms with van der Waals surface area (Å²) in [7, 11) is 0. The fourth-order valence-corrected chi connectivity index (χ4v) is 2.54. The van der Waals surface area contributed by atoms with Crippen molar-refractivity contribution in [3.05, 3.63) is 50.4 Å². The van der Waals surface area contributed by atoms with Gasteiger partial charge in [0.2, 0.25) is 6.79 Å². The number of rotatable bonds is 2. The van der Waals surface area contributed by atoms with Gasteiger partial charge in [-0.15, -0.1) is 0 Å². The molecular formula is C14H8BrCl2NO3. The summed E-state index contributed by atoms with van der Waals surface area (Å²) in [6, 6.07) is 8.15. The number of amides is 1. The molecular weight excluding hydrogens is 381 g/mol. The van der Waals surface area contributed by atoms with Crippen molar-refractivity contribution in [3.63, 3.8) is 0 Å². The van der Waals surface area contributed by atoms with Gasteiger partial charge in [0.05, 0.1) is 15.7 Å². The molecule has 7 heteroatoms. The summed E-state index contributed by atoms with van der Waals surface area (Å²) in [6.45, 7) is 0.146. The van der Waals surface area contributed by atoms with Crippen LogP contribution >= 0.6 is 39.1 Å². The topological polar surface area (TPSA) is 47.6 Å². The zero-order valence-electron chi connectivity index (χ0n) is 10.5. The van der Waals surface area contributed by atoms with Crippen LogP contribution in [0.25, 0.3) is 0 Å². The normalized spacial score (nSPS) is 12.3. The molecule has 2 aromatic rings. The maximum absolute atomic E-state index is 12.2. The number of carbonyl (C=O) groups is 1. The number of nitrogens with one attached hydrogen (secondary N) is 1. The Morgan fingerprint density at radius 3 is 2.52 bits per heavy atom. The van der Waals surface area contributed by atoms with E-state index < -0.39 is 0 Å². The second-order valence-corrected chi connectivity index (χ2v) is 5.94. The van der Waals surface area contributed by atoms with Gasteiger partial charge in [-0.2, -0.15) is 0 Å². The van der Waals surface area contributed by atoms with Crippen molar-refractivity contribution in [1.29, 1.82) is 0 Å². The third-order valence-electron chi connectivity index (χ3n) is 2.89. The Labute approximate surface area is 139 Å². The van der Waals surface area contributed by atoms with Gasteiger partial charge in [0.15, 0.2) is 11.5 Å². The minimum Gasteiger partial charge on any atom is -0.454 e. The highest BCUT2D eigenvalue weighted by atomic mass is 79.9. The first-order valence-electron chi connectivity index (χ1n) is 5.90. The van der Waals surface area contributed by atoms with Crippen LogP contribution < -0.4 is 14.8 Å². The SMILES string of the molecule is O=C(Nc1cc2c(cc1Cl)OCO2)c1ccc(Cl)c(Br)c1. The molecule has 0 unspecified atom stereocenters. The molecule has 0 fully saturated rings. The Bertz CT molecular complexity index is 736. The van der Waals surface area contributed by atoms with Gasteiger partial charge in [0, 0.05) is 22.2 Å². The standard InChI is InChI=1S/C14H8BrCl2NO3/c15-8-3-7(1-2-9(8)16)14(19)18-11-5-13-12(4-10(11)17)20-6-21-13/h1-5H,6H2,(H,18,19). The highest BCUT2D eigenvalue weighted by molar-refractivity contribution is 9.10. The minimum atomic E-state index is -0.298. The molecule has 1 heterocycles. The van der Waals surface area contributed by atoms with Crippen LogP contribution in [0.1, 0.15) is 10.4 Å². The molecule has 0 spiro atoms. The maximum Gasteiger partial charge on any atom is 0.255 e. The lowest BCUT2D eigenvalue weighted by molar-refractivity contribution is 0.102. The lowest BCUT2D eigenvalue weighted by Crippen LogP contribution is -2.12. The Morgan fingerprint density at radius 1 is 1.10 bits per heavy atom. The first-order chi connectivity index (χ1) is 10.0. The number of carbonyl (C=O) groups excluding carboxylic acids is 1. The number of ether oxygens (including phenoxy) is 2. The van der Waals surface area contributed by atoms with E-state index in [-0.39, 0.29) is 12.7 Å². The largest absolute Gasteiger partial charge is 0.454 e. The molecule has 1 amide bonds. The molecule has 21 heavy (non-hydrogen) atoms. The van der Waals surface area contributed by atoms with Crippen molar-refractivity contribution in [2.45, 2.75) is 0 Å². The third-order valence-corrected chi connectivity index (χ3v) is 4.42. The van der Waals surface area contributed by atoms with E-state index in [1.54, 1.807) is 30.3 Å². The van der Waals surface area contributed by atoms with Gasteiger partial charge in [0.1, 0.15) is 0 Å². The summed E-state index contributed by atoms with van der Waals surface area (Å²) in [5.41, 5.74) is 0.914. The molecule has 0 aliphatic carbocycles. The number of halogens is 3. The van der Waals surface area contributed by atoms with Crippen molar-refractivity contribution in [3.8, 4) is 11.5 Å². The van der Waals surface area contributed by atoms with E-state index in [0.717, 1.165) is 0 Å². The van der Waals surface area contributed by atoms with Crippen LogP contribution in [-0.2, 0) is 0 Å². The van der Waals surface area contributed by atoms with Crippen molar-refractivity contribution in [2.75, 3.05) is 12.1 Å². The molecule has 1 aliphatic rings. The number of hydrogen-bond donors (Lipinski definition) is 1. The summed E-state index contributed by atoms with van der Waals surface area (Å²) in [5.74, 6) is 0.812. The van der Waals surface area contributed by atoms with Gasteiger partial charge in [0.25, 0.3) is 5.91 Å². The quantitative estimate of drug-likeness (QED) is 0.808. The van der Waals surface area contributed by atoms with Gasteiger partial charge in [-0.25, -0.2) is 0 Å². The highest BCUT2D eigenvalue weighted by Crippen LogP contribution is 2.39. The molecule has 3 rings (SSSR count). The molecule has 108 valence electrons. The van der Waals surface area contributed by atoms with Crippen LogP contribution in [0.2, 0.25) is 10.0 Å². The zero-order valence-corrected chi connectivity index (χ0v) is 13.6. The van der Waals surface area contributed by atoms with E-state index >= 15 is 0 Å². The fraction of sp³-hybridized carbons (Fsp3) is 0.0714. The molecule has 4 nitrogen and oxygen atoms in total. The average molecular weight is 389 g/mol. The Balaban J connectivity index is 1.86. The van der Waals surface area contributed by atoms with Gasteiger partial charge in [-0.1, -0.05) is 23.2 Å². The van der Waals surface area contributed by atoms with E-state index in [1.165, 1.54) is 0 Å². The molecule has 0 atom stereocenters. The van der Waals surface area contributed by atoms with E-state index in [0.29, 0.717) is 37.3 Å². The number of hydrogen-bond acceptors (Lipinski definition) is 3. The van der Waals surface area contributed by atoms with Crippen molar-refractivity contribution < 1.29 is 14.3 Å². The van der Waals surface area contributed by atoms with Gasteiger partial charge >= 0.3 is 0 Å². The monoisotopic (exact) mass is 387 g/mol. The summed E-state index contributed by atoms with van der Waals surface area (Å²) < 4.78 is 11.1. The number of benzene rings is 2. The smallest absolute Gasteiger partial charge is 0.255 e. The van der Waals surface area contributed by atoms with Gasteiger partial charge < -0.3 is 14.8 Å². The lowest BCUT2D eigenvalue weighted by atomic mass is 10.2. The average Bonchev–Trinajstić information content (AvgIpc) is 2.89. The van der Waals surface area contributed by atoms with Crippen molar-refractivity contribution >= 4 is 50.7 Å². The number of fused-ring (bicyclic) bond motifs is 1. The Morgan fingerprint density at radius 2 is 1.81 bits per heavy atom. The van der Waals surface area contributed by atoms with Crippen LogP contribution in [0, 0.1) is 0 Å². The van der Waals surface area contributed by atoms with Crippen molar-refractivity contribution in [1.82, 2.24) is 0 Å².